The van der Waals surface area contributed by atoms with Gasteiger partial charge in [0.25, 0.3) is 0 Å². The van der Waals surface area contributed by atoms with Crippen LogP contribution in [0.5, 0.6) is 11.5 Å². The van der Waals surface area contributed by atoms with Crippen molar-refractivity contribution in [2.45, 2.75) is 0 Å². The Morgan fingerprint density at radius 1 is 1.06 bits per heavy atom. The molecule has 0 amide bonds. The van der Waals surface area contributed by atoms with Gasteiger partial charge >= 0.3 is 0 Å². The van der Waals surface area contributed by atoms with E-state index in [0.29, 0.717) is 31.6 Å². The molecule has 0 aliphatic carbocycles. The van der Waals surface area contributed by atoms with Gasteiger partial charge in [-0.2, -0.15) is 5.26 Å². The van der Waals surface area contributed by atoms with Crippen molar-refractivity contribution >= 4 is 39.1 Å². The van der Waals surface area contributed by atoms with Crippen LogP contribution in [0.1, 0.15) is 5.56 Å². The topological polar surface area (TPSA) is 33.0 Å². The normalized spacial score (nSPS) is 9.89. The van der Waals surface area contributed by atoms with Crippen LogP contribution in [0, 0.1) is 11.3 Å². The molecule has 0 N–H and O–H groups in total. The minimum atomic E-state index is 0.410. The summed E-state index contributed by atoms with van der Waals surface area (Å²) >= 11 is 15.3. The third-order valence-corrected chi connectivity index (χ3v) is 3.69. The van der Waals surface area contributed by atoms with Gasteiger partial charge in [-0.05, 0) is 34.1 Å². The van der Waals surface area contributed by atoms with Gasteiger partial charge in [0.2, 0.25) is 0 Å². The molecule has 2 nitrogen and oxygen atoms in total. The highest BCUT2D eigenvalue weighted by Crippen LogP contribution is 2.37. The molecule has 0 atom stereocenters. The highest BCUT2D eigenvalue weighted by molar-refractivity contribution is 9.10. The first-order chi connectivity index (χ1) is 8.61. The van der Waals surface area contributed by atoms with Crippen LogP contribution in [0.2, 0.25) is 10.0 Å². The Hall–Kier alpha value is -1.21. The molecule has 2 aromatic rings. The van der Waals surface area contributed by atoms with E-state index in [9.17, 15) is 0 Å². The fourth-order valence-electron chi connectivity index (χ4n) is 1.35. The molecule has 5 heteroatoms. The smallest absolute Gasteiger partial charge is 0.147 e. The summed E-state index contributed by atoms with van der Waals surface area (Å²) in [6.07, 6.45) is 0. The van der Waals surface area contributed by atoms with Crippen LogP contribution in [0.25, 0.3) is 0 Å². The molecule has 0 spiro atoms. The quantitative estimate of drug-likeness (QED) is 0.682. The number of halogens is 3. The van der Waals surface area contributed by atoms with Crippen LogP contribution >= 0.6 is 39.1 Å². The third-order valence-electron chi connectivity index (χ3n) is 2.20. The van der Waals surface area contributed by atoms with Crippen LogP contribution in [0.3, 0.4) is 0 Å². The summed E-state index contributed by atoms with van der Waals surface area (Å²) < 4.78 is 6.30. The number of nitriles is 1. The second-order valence-electron chi connectivity index (χ2n) is 3.41. The van der Waals surface area contributed by atoms with Crippen LogP contribution in [-0.2, 0) is 0 Å². The molecule has 0 saturated carbocycles. The lowest BCUT2D eigenvalue weighted by Crippen LogP contribution is -1.89. The van der Waals surface area contributed by atoms with Crippen LogP contribution in [-0.4, -0.2) is 0 Å². The number of hydrogen-bond acceptors (Lipinski definition) is 2. The fraction of sp³-hybridized carbons (Fsp3) is 0. The number of nitrogens with zero attached hydrogens (tertiary/aromatic N) is 1. The minimum Gasteiger partial charge on any atom is -0.454 e. The summed E-state index contributed by atoms with van der Waals surface area (Å²) in [5.74, 6) is 0.854. The van der Waals surface area contributed by atoms with Crippen molar-refractivity contribution in [3.8, 4) is 17.6 Å². The number of benzene rings is 2. The molecule has 0 aliphatic rings. The van der Waals surface area contributed by atoms with Gasteiger partial charge in [-0.25, -0.2) is 0 Å². The molecule has 2 rings (SSSR count). The Balaban J connectivity index is 2.41. The Kier molecular flexibility index (Phi) is 4.13. The van der Waals surface area contributed by atoms with Gasteiger partial charge < -0.3 is 4.74 Å². The fourth-order valence-corrected chi connectivity index (χ4v) is 2.18. The molecule has 90 valence electrons. The predicted molar refractivity (Wildman–Crippen MR) is 75.4 cm³/mol. The van der Waals surface area contributed by atoms with E-state index in [1.54, 1.807) is 36.4 Å². The average molecular weight is 343 g/mol. The van der Waals surface area contributed by atoms with Gasteiger partial charge in [0.1, 0.15) is 17.6 Å². The lowest BCUT2D eigenvalue weighted by atomic mass is 10.2. The molecule has 0 aromatic heterocycles. The van der Waals surface area contributed by atoms with Crippen molar-refractivity contribution in [1.82, 2.24) is 0 Å². The van der Waals surface area contributed by atoms with E-state index in [2.05, 4.69) is 22.0 Å². The zero-order valence-corrected chi connectivity index (χ0v) is 12.1. The van der Waals surface area contributed by atoms with Crippen LogP contribution in [0.15, 0.2) is 40.9 Å². The van der Waals surface area contributed by atoms with Crippen molar-refractivity contribution in [3.05, 3.63) is 56.5 Å². The van der Waals surface area contributed by atoms with Crippen molar-refractivity contribution < 1.29 is 4.74 Å². The first-order valence-corrected chi connectivity index (χ1v) is 6.48. The van der Waals surface area contributed by atoms with Gasteiger partial charge in [0, 0.05) is 10.5 Å². The standard InChI is InChI=1S/C13H6BrCl2NO/c14-9-5-11(16)13(6-10(9)15)18-12-4-2-1-3-8(12)7-17/h1-6H. The number of rotatable bonds is 2. The summed E-state index contributed by atoms with van der Waals surface area (Å²) in [5.41, 5.74) is 0.438. The highest BCUT2D eigenvalue weighted by Gasteiger charge is 2.10. The SMILES string of the molecule is N#Cc1ccccc1Oc1cc(Cl)c(Br)cc1Cl. The Labute approximate surface area is 123 Å². The first kappa shape index (κ1) is 13.2. The van der Waals surface area contributed by atoms with Crippen molar-refractivity contribution in [2.75, 3.05) is 0 Å². The zero-order chi connectivity index (χ0) is 13.1. The van der Waals surface area contributed by atoms with E-state index in [-0.39, 0.29) is 0 Å². The van der Waals surface area contributed by atoms with Crippen molar-refractivity contribution in [1.29, 1.82) is 5.26 Å². The third kappa shape index (κ3) is 2.78. The first-order valence-electron chi connectivity index (χ1n) is 4.93. The molecule has 0 fully saturated rings. The second-order valence-corrected chi connectivity index (χ2v) is 5.08. The molecule has 0 aliphatic heterocycles. The minimum absolute atomic E-state index is 0.410. The van der Waals surface area contributed by atoms with E-state index < -0.39 is 0 Å². The molecule has 0 saturated heterocycles. The molecular formula is C13H6BrCl2NO. The van der Waals surface area contributed by atoms with Gasteiger partial charge in [-0.1, -0.05) is 35.3 Å². The van der Waals surface area contributed by atoms with Gasteiger partial charge in [0.15, 0.2) is 0 Å². The Morgan fingerprint density at radius 2 is 1.78 bits per heavy atom. The van der Waals surface area contributed by atoms with E-state index in [0.717, 1.165) is 0 Å². The summed E-state index contributed by atoms with van der Waals surface area (Å²) in [6, 6.07) is 12.2. The van der Waals surface area contributed by atoms with E-state index >= 15 is 0 Å². The van der Waals surface area contributed by atoms with Crippen LogP contribution in [0.4, 0.5) is 0 Å². The van der Waals surface area contributed by atoms with E-state index in [1.807, 2.05) is 0 Å². The number of hydrogen-bond donors (Lipinski definition) is 0. The maximum Gasteiger partial charge on any atom is 0.147 e. The molecule has 0 unspecified atom stereocenters. The lowest BCUT2D eigenvalue weighted by molar-refractivity contribution is 0.481. The van der Waals surface area contributed by atoms with Crippen molar-refractivity contribution in [2.24, 2.45) is 0 Å². The zero-order valence-electron chi connectivity index (χ0n) is 8.95. The van der Waals surface area contributed by atoms with Crippen molar-refractivity contribution in [3.63, 3.8) is 0 Å². The molecule has 2 aromatic carbocycles. The molecule has 0 radical (unpaired) electrons. The summed E-state index contributed by atoms with van der Waals surface area (Å²) in [6.45, 7) is 0. The number of para-hydroxylation sites is 1. The molecule has 0 heterocycles. The molecule has 18 heavy (non-hydrogen) atoms. The number of ether oxygens (including phenoxy) is 1. The summed E-state index contributed by atoms with van der Waals surface area (Å²) in [5, 5.41) is 9.87. The lowest BCUT2D eigenvalue weighted by Gasteiger charge is -2.10. The second kappa shape index (κ2) is 5.62. The van der Waals surface area contributed by atoms with Gasteiger partial charge in [0.05, 0.1) is 15.6 Å². The Bertz CT molecular complexity index is 637. The summed E-state index contributed by atoms with van der Waals surface area (Å²) in [4.78, 5) is 0. The molecule has 0 bridgehead atoms. The maximum absolute atomic E-state index is 8.97. The highest BCUT2D eigenvalue weighted by atomic mass is 79.9. The summed E-state index contributed by atoms with van der Waals surface area (Å²) in [7, 11) is 0. The van der Waals surface area contributed by atoms with E-state index in [1.165, 1.54) is 0 Å². The maximum atomic E-state index is 8.97. The molecular weight excluding hydrogens is 337 g/mol. The average Bonchev–Trinajstić information content (AvgIpc) is 2.36. The van der Waals surface area contributed by atoms with Gasteiger partial charge in [-0.3, -0.25) is 0 Å². The van der Waals surface area contributed by atoms with Crippen LogP contribution < -0.4 is 4.74 Å². The van der Waals surface area contributed by atoms with E-state index in [4.69, 9.17) is 33.2 Å². The van der Waals surface area contributed by atoms with Gasteiger partial charge in [-0.15, -0.1) is 0 Å². The monoisotopic (exact) mass is 341 g/mol. The predicted octanol–water partition coefficient (Wildman–Crippen LogP) is 5.42. The Morgan fingerprint density at radius 3 is 2.50 bits per heavy atom. The largest absolute Gasteiger partial charge is 0.454 e.